The molecule has 0 aromatic carbocycles. The van der Waals surface area contributed by atoms with Crippen LogP contribution in [0.1, 0.15) is 27.8 Å². The Kier molecular flexibility index (Phi) is 3.29. The standard InChI is InChI=1S/C10H9N3O3S/c1-2-16-9(15)8-7(6-14)5-13(12-8)10-11-3-4-17-10/h3-6H,2H2,1H3. The zero-order valence-corrected chi connectivity index (χ0v) is 9.81. The van der Waals surface area contributed by atoms with Gasteiger partial charge in [-0.25, -0.2) is 14.5 Å². The van der Waals surface area contributed by atoms with E-state index >= 15 is 0 Å². The van der Waals surface area contributed by atoms with E-state index in [-0.39, 0.29) is 17.9 Å². The van der Waals surface area contributed by atoms with Crippen molar-refractivity contribution in [1.82, 2.24) is 14.8 Å². The largest absolute Gasteiger partial charge is 0.461 e. The van der Waals surface area contributed by atoms with E-state index in [1.54, 1.807) is 18.5 Å². The number of carbonyl (C=O) groups is 2. The molecule has 2 aromatic rings. The molecule has 0 saturated carbocycles. The number of thiazole rings is 1. The fraction of sp³-hybridized carbons (Fsp3) is 0.200. The first kappa shape index (κ1) is 11.5. The summed E-state index contributed by atoms with van der Waals surface area (Å²) in [4.78, 5) is 26.4. The first-order valence-electron chi connectivity index (χ1n) is 4.88. The third-order valence-electron chi connectivity index (χ3n) is 1.95. The molecular weight excluding hydrogens is 242 g/mol. The van der Waals surface area contributed by atoms with Crippen LogP contribution in [0.4, 0.5) is 0 Å². The number of rotatable bonds is 4. The van der Waals surface area contributed by atoms with Crippen molar-refractivity contribution >= 4 is 23.6 Å². The molecule has 0 radical (unpaired) electrons. The Morgan fingerprint density at radius 1 is 1.65 bits per heavy atom. The number of carbonyl (C=O) groups excluding carboxylic acids is 2. The van der Waals surface area contributed by atoms with Crippen LogP contribution in [0.3, 0.4) is 0 Å². The number of hydrogen-bond donors (Lipinski definition) is 0. The minimum absolute atomic E-state index is 0.0112. The average molecular weight is 251 g/mol. The van der Waals surface area contributed by atoms with Crippen molar-refractivity contribution in [3.63, 3.8) is 0 Å². The Balaban J connectivity index is 2.39. The molecule has 0 amide bonds. The van der Waals surface area contributed by atoms with Gasteiger partial charge in [-0.15, -0.1) is 11.3 Å². The molecule has 2 aromatic heterocycles. The molecule has 0 fully saturated rings. The number of ether oxygens (including phenoxy) is 1. The van der Waals surface area contributed by atoms with Gasteiger partial charge in [0.2, 0.25) is 5.13 Å². The van der Waals surface area contributed by atoms with E-state index in [1.165, 1.54) is 22.2 Å². The Morgan fingerprint density at radius 2 is 2.47 bits per heavy atom. The third-order valence-corrected chi connectivity index (χ3v) is 2.71. The summed E-state index contributed by atoms with van der Waals surface area (Å²) in [6.07, 6.45) is 3.65. The minimum atomic E-state index is -0.607. The second-order valence-electron chi connectivity index (χ2n) is 3.03. The highest BCUT2D eigenvalue weighted by Crippen LogP contribution is 2.14. The maximum atomic E-state index is 11.5. The summed E-state index contributed by atoms with van der Waals surface area (Å²) in [7, 11) is 0. The molecular formula is C10H9N3O3S. The smallest absolute Gasteiger partial charge is 0.359 e. The normalized spacial score (nSPS) is 10.2. The Hall–Kier alpha value is -2.02. The second kappa shape index (κ2) is 4.88. The van der Waals surface area contributed by atoms with Crippen LogP contribution in [-0.2, 0) is 4.74 Å². The molecule has 0 aliphatic heterocycles. The second-order valence-corrected chi connectivity index (χ2v) is 3.90. The molecule has 0 saturated heterocycles. The summed E-state index contributed by atoms with van der Waals surface area (Å²) < 4.78 is 6.20. The van der Waals surface area contributed by atoms with E-state index in [9.17, 15) is 9.59 Å². The van der Waals surface area contributed by atoms with Crippen molar-refractivity contribution in [2.24, 2.45) is 0 Å². The summed E-state index contributed by atoms with van der Waals surface area (Å²) in [5.41, 5.74) is 0.204. The summed E-state index contributed by atoms with van der Waals surface area (Å²) in [5, 5.41) is 6.37. The number of nitrogens with zero attached hydrogens (tertiary/aromatic N) is 3. The first-order valence-corrected chi connectivity index (χ1v) is 5.76. The maximum absolute atomic E-state index is 11.5. The fourth-order valence-electron chi connectivity index (χ4n) is 1.26. The monoisotopic (exact) mass is 251 g/mol. The Labute approximate surface area is 101 Å². The van der Waals surface area contributed by atoms with Crippen LogP contribution >= 0.6 is 11.3 Å². The van der Waals surface area contributed by atoms with Gasteiger partial charge in [0.25, 0.3) is 0 Å². The molecule has 17 heavy (non-hydrogen) atoms. The molecule has 7 heteroatoms. The SMILES string of the molecule is CCOC(=O)c1nn(-c2nccs2)cc1C=O. The molecule has 0 bridgehead atoms. The first-order chi connectivity index (χ1) is 8.26. The quantitative estimate of drug-likeness (QED) is 0.605. The van der Waals surface area contributed by atoms with Gasteiger partial charge >= 0.3 is 5.97 Å². The lowest BCUT2D eigenvalue weighted by Crippen LogP contribution is -2.08. The summed E-state index contributed by atoms with van der Waals surface area (Å²) in [6.45, 7) is 1.93. The summed E-state index contributed by atoms with van der Waals surface area (Å²) in [6, 6.07) is 0. The van der Waals surface area contributed by atoms with Crippen LogP contribution in [-0.4, -0.2) is 33.6 Å². The molecule has 88 valence electrons. The zero-order chi connectivity index (χ0) is 12.3. The van der Waals surface area contributed by atoms with Crippen molar-refractivity contribution in [3.05, 3.63) is 29.0 Å². The molecule has 0 aliphatic carbocycles. The van der Waals surface area contributed by atoms with Crippen molar-refractivity contribution in [2.75, 3.05) is 6.61 Å². The van der Waals surface area contributed by atoms with Gasteiger partial charge in [0.1, 0.15) is 0 Å². The highest BCUT2D eigenvalue weighted by Gasteiger charge is 2.18. The van der Waals surface area contributed by atoms with Gasteiger partial charge in [-0.05, 0) is 6.92 Å². The predicted octanol–water partition coefficient (Wildman–Crippen LogP) is 1.32. The van der Waals surface area contributed by atoms with Crippen molar-refractivity contribution in [2.45, 2.75) is 6.92 Å². The van der Waals surface area contributed by atoms with Crippen LogP contribution in [0.5, 0.6) is 0 Å². The molecule has 0 spiro atoms. The van der Waals surface area contributed by atoms with Gasteiger partial charge < -0.3 is 4.74 Å². The summed E-state index contributed by atoms with van der Waals surface area (Å²) in [5.74, 6) is -0.607. The predicted molar refractivity (Wildman–Crippen MR) is 60.6 cm³/mol. The van der Waals surface area contributed by atoms with E-state index in [1.807, 2.05) is 0 Å². The van der Waals surface area contributed by atoms with Gasteiger partial charge in [0, 0.05) is 17.8 Å². The van der Waals surface area contributed by atoms with Crippen LogP contribution in [0.25, 0.3) is 5.13 Å². The molecule has 2 heterocycles. The Bertz CT molecular complexity index is 533. The molecule has 6 nitrogen and oxygen atoms in total. The van der Waals surface area contributed by atoms with Crippen LogP contribution in [0.2, 0.25) is 0 Å². The lowest BCUT2D eigenvalue weighted by atomic mass is 10.3. The van der Waals surface area contributed by atoms with Crippen molar-refractivity contribution in [1.29, 1.82) is 0 Å². The highest BCUT2D eigenvalue weighted by molar-refractivity contribution is 7.12. The van der Waals surface area contributed by atoms with Crippen LogP contribution in [0.15, 0.2) is 17.8 Å². The van der Waals surface area contributed by atoms with Crippen molar-refractivity contribution < 1.29 is 14.3 Å². The van der Waals surface area contributed by atoms with Crippen molar-refractivity contribution in [3.8, 4) is 5.13 Å². The van der Waals surface area contributed by atoms with Gasteiger partial charge in [0.05, 0.1) is 12.2 Å². The Morgan fingerprint density at radius 3 is 3.06 bits per heavy atom. The van der Waals surface area contributed by atoms with Gasteiger partial charge in [-0.1, -0.05) is 0 Å². The van der Waals surface area contributed by atoms with E-state index in [0.717, 1.165) is 0 Å². The minimum Gasteiger partial charge on any atom is -0.461 e. The van der Waals surface area contributed by atoms with E-state index < -0.39 is 5.97 Å². The highest BCUT2D eigenvalue weighted by atomic mass is 32.1. The van der Waals surface area contributed by atoms with E-state index in [4.69, 9.17) is 4.74 Å². The van der Waals surface area contributed by atoms with Gasteiger partial charge in [-0.3, -0.25) is 4.79 Å². The van der Waals surface area contributed by atoms with E-state index in [2.05, 4.69) is 10.1 Å². The molecule has 0 aliphatic rings. The third kappa shape index (κ3) is 2.23. The molecule has 0 unspecified atom stereocenters. The number of aromatic nitrogens is 3. The zero-order valence-electron chi connectivity index (χ0n) is 8.99. The number of aldehydes is 1. The number of esters is 1. The molecule has 2 rings (SSSR count). The lowest BCUT2D eigenvalue weighted by molar-refractivity contribution is 0.0517. The maximum Gasteiger partial charge on any atom is 0.359 e. The average Bonchev–Trinajstić information content (AvgIpc) is 2.97. The summed E-state index contributed by atoms with van der Waals surface area (Å²) >= 11 is 1.35. The molecule has 0 atom stereocenters. The van der Waals surface area contributed by atoms with Gasteiger partial charge in [-0.2, -0.15) is 5.10 Å². The number of hydrogen-bond acceptors (Lipinski definition) is 6. The van der Waals surface area contributed by atoms with Crippen LogP contribution < -0.4 is 0 Å². The molecule has 0 N–H and O–H groups in total. The topological polar surface area (TPSA) is 74.1 Å². The fourth-order valence-corrected chi connectivity index (χ4v) is 1.83. The van der Waals surface area contributed by atoms with Gasteiger partial charge in [0.15, 0.2) is 12.0 Å². The van der Waals surface area contributed by atoms with Crippen LogP contribution in [0, 0.1) is 0 Å². The van der Waals surface area contributed by atoms with E-state index in [0.29, 0.717) is 11.4 Å². The lowest BCUT2D eigenvalue weighted by Gasteiger charge is -1.97.